The maximum absolute atomic E-state index is 5.06. The summed E-state index contributed by atoms with van der Waals surface area (Å²) in [6, 6.07) is 0.618. The van der Waals surface area contributed by atoms with Crippen LogP contribution in [0.15, 0.2) is 0 Å². The molecule has 20 heavy (non-hydrogen) atoms. The summed E-state index contributed by atoms with van der Waals surface area (Å²) in [5.41, 5.74) is 0. The number of rotatable bonds is 7. The van der Waals surface area contributed by atoms with Crippen LogP contribution < -0.4 is 5.32 Å². The number of hydrogen-bond acceptors (Lipinski definition) is 5. The van der Waals surface area contributed by atoms with Crippen molar-refractivity contribution < 1.29 is 4.74 Å². The zero-order valence-electron chi connectivity index (χ0n) is 12.9. The van der Waals surface area contributed by atoms with Gasteiger partial charge in [-0.3, -0.25) is 0 Å². The van der Waals surface area contributed by atoms with Crippen molar-refractivity contribution in [3.63, 3.8) is 0 Å². The Morgan fingerprint density at radius 1 is 1.45 bits per heavy atom. The van der Waals surface area contributed by atoms with Crippen molar-refractivity contribution in [3.05, 3.63) is 5.82 Å². The molecule has 114 valence electrons. The number of nitrogens with one attached hydrogen (secondary N) is 1. The van der Waals surface area contributed by atoms with Gasteiger partial charge in [-0.1, -0.05) is 26.2 Å². The van der Waals surface area contributed by atoms with Gasteiger partial charge in [-0.15, -0.1) is 5.10 Å². The highest BCUT2D eigenvalue weighted by Gasteiger charge is 2.26. The molecule has 0 radical (unpaired) electrons. The van der Waals surface area contributed by atoms with Gasteiger partial charge in [-0.2, -0.15) is 0 Å². The van der Waals surface area contributed by atoms with Gasteiger partial charge >= 0.3 is 0 Å². The molecule has 3 unspecified atom stereocenters. The maximum Gasteiger partial charge on any atom is 0.168 e. The summed E-state index contributed by atoms with van der Waals surface area (Å²) in [5, 5.41) is 15.8. The minimum Gasteiger partial charge on any atom is -0.383 e. The van der Waals surface area contributed by atoms with E-state index in [9.17, 15) is 0 Å². The third kappa shape index (κ3) is 3.76. The predicted octanol–water partition coefficient (Wildman–Crippen LogP) is 2.11. The van der Waals surface area contributed by atoms with Gasteiger partial charge in [-0.25, -0.2) is 4.68 Å². The first kappa shape index (κ1) is 15.4. The molecule has 0 spiro atoms. The van der Waals surface area contributed by atoms with Gasteiger partial charge in [0, 0.05) is 13.7 Å². The molecule has 1 saturated carbocycles. The van der Waals surface area contributed by atoms with Gasteiger partial charge in [0.15, 0.2) is 5.82 Å². The smallest absolute Gasteiger partial charge is 0.168 e. The molecule has 0 saturated heterocycles. The van der Waals surface area contributed by atoms with Crippen LogP contribution in [0.5, 0.6) is 0 Å². The SMILES string of the molecule is CCC1CCCC(n2nnnc2C(C)NCCOC)C1. The van der Waals surface area contributed by atoms with E-state index in [0.717, 1.165) is 18.3 Å². The molecule has 3 atom stereocenters. The topological polar surface area (TPSA) is 64.9 Å². The summed E-state index contributed by atoms with van der Waals surface area (Å²) in [6.07, 6.45) is 6.30. The summed E-state index contributed by atoms with van der Waals surface area (Å²) < 4.78 is 7.11. The van der Waals surface area contributed by atoms with Crippen molar-refractivity contribution in [2.24, 2.45) is 5.92 Å². The second-order valence-electron chi connectivity index (χ2n) is 5.74. The van der Waals surface area contributed by atoms with Gasteiger partial charge in [0.2, 0.25) is 0 Å². The quantitative estimate of drug-likeness (QED) is 0.775. The zero-order valence-corrected chi connectivity index (χ0v) is 12.9. The third-order valence-electron chi connectivity index (χ3n) is 4.34. The Morgan fingerprint density at radius 2 is 2.30 bits per heavy atom. The van der Waals surface area contributed by atoms with E-state index >= 15 is 0 Å². The van der Waals surface area contributed by atoms with Crippen LogP contribution in [0, 0.1) is 5.92 Å². The first-order chi connectivity index (χ1) is 9.76. The summed E-state index contributed by atoms with van der Waals surface area (Å²) in [5.74, 6) is 1.77. The molecular formula is C14H27N5O. The highest BCUT2D eigenvalue weighted by atomic mass is 16.5. The molecule has 0 amide bonds. The molecule has 0 aliphatic heterocycles. The van der Waals surface area contributed by atoms with Crippen LogP contribution in [0.4, 0.5) is 0 Å². The van der Waals surface area contributed by atoms with Crippen molar-refractivity contribution in [2.45, 2.75) is 58.0 Å². The Labute approximate surface area is 121 Å². The van der Waals surface area contributed by atoms with Crippen LogP contribution in [0.1, 0.15) is 63.9 Å². The molecule has 0 aromatic carbocycles. The van der Waals surface area contributed by atoms with Crippen molar-refractivity contribution >= 4 is 0 Å². The first-order valence-electron chi connectivity index (χ1n) is 7.76. The van der Waals surface area contributed by atoms with Gasteiger partial charge in [0.05, 0.1) is 18.7 Å². The molecule has 2 rings (SSSR count). The predicted molar refractivity (Wildman–Crippen MR) is 77.4 cm³/mol. The number of ether oxygens (including phenoxy) is 1. The fourth-order valence-corrected chi connectivity index (χ4v) is 3.07. The highest BCUT2D eigenvalue weighted by molar-refractivity contribution is 4.93. The molecule has 1 aliphatic rings. The lowest BCUT2D eigenvalue weighted by Crippen LogP contribution is -2.28. The molecular weight excluding hydrogens is 254 g/mol. The first-order valence-corrected chi connectivity index (χ1v) is 7.76. The van der Waals surface area contributed by atoms with Crippen molar-refractivity contribution in [1.29, 1.82) is 0 Å². The molecule has 1 aromatic heterocycles. The van der Waals surface area contributed by atoms with Crippen LogP contribution in [0.2, 0.25) is 0 Å². The van der Waals surface area contributed by atoms with E-state index in [2.05, 4.69) is 34.7 Å². The molecule has 6 heteroatoms. The molecule has 1 N–H and O–H groups in total. The summed E-state index contributed by atoms with van der Waals surface area (Å²) in [6.45, 7) is 5.90. The van der Waals surface area contributed by atoms with Crippen LogP contribution in [0.25, 0.3) is 0 Å². The van der Waals surface area contributed by atoms with Gasteiger partial charge in [-0.05, 0) is 36.1 Å². The Bertz CT molecular complexity index is 395. The van der Waals surface area contributed by atoms with Gasteiger partial charge < -0.3 is 10.1 Å². The van der Waals surface area contributed by atoms with Crippen LogP contribution in [0.3, 0.4) is 0 Å². The van der Waals surface area contributed by atoms with E-state index in [4.69, 9.17) is 4.74 Å². The maximum atomic E-state index is 5.06. The monoisotopic (exact) mass is 281 g/mol. The van der Waals surface area contributed by atoms with E-state index in [1.54, 1.807) is 7.11 Å². The second kappa shape index (κ2) is 7.69. The summed E-state index contributed by atoms with van der Waals surface area (Å²) >= 11 is 0. The number of tetrazole rings is 1. The normalized spacial score (nSPS) is 24.8. The Hall–Kier alpha value is -1.01. The third-order valence-corrected chi connectivity index (χ3v) is 4.34. The Balaban J connectivity index is 2.00. The molecule has 1 aromatic rings. The summed E-state index contributed by atoms with van der Waals surface area (Å²) in [4.78, 5) is 0. The lowest BCUT2D eigenvalue weighted by Gasteiger charge is -2.29. The fraction of sp³-hybridized carbons (Fsp3) is 0.929. The standard InChI is InChI=1S/C14H27N5O/c1-4-12-6-5-7-13(10-12)19-14(16-17-18-19)11(2)15-8-9-20-3/h11-13,15H,4-10H2,1-3H3. The van der Waals surface area contributed by atoms with Crippen molar-refractivity contribution in [3.8, 4) is 0 Å². The number of methoxy groups -OCH3 is 1. The highest BCUT2D eigenvalue weighted by Crippen LogP contribution is 2.34. The fourth-order valence-electron chi connectivity index (χ4n) is 3.07. The van der Waals surface area contributed by atoms with E-state index in [-0.39, 0.29) is 6.04 Å². The largest absolute Gasteiger partial charge is 0.383 e. The van der Waals surface area contributed by atoms with Crippen molar-refractivity contribution in [1.82, 2.24) is 25.5 Å². The van der Waals surface area contributed by atoms with E-state index in [0.29, 0.717) is 12.6 Å². The lowest BCUT2D eigenvalue weighted by molar-refractivity contribution is 0.194. The van der Waals surface area contributed by atoms with E-state index in [1.807, 2.05) is 4.68 Å². The minimum absolute atomic E-state index is 0.155. The van der Waals surface area contributed by atoms with Crippen LogP contribution >= 0.6 is 0 Å². The Kier molecular flexibility index (Phi) is 5.91. The minimum atomic E-state index is 0.155. The van der Waals surface area contributed by atoms with E-state index in [1.165, 1.54) is 32.1 Å². The van der Waals surface area contributed by atoms with E-state index < -0.39 is 0 Å². The Morgan fingerprint density at radius 3 is 3.05 bits per heavy atom. The molecule has 0 bridgehead atoms. The van der Waals surface area contributed by atoms with Crippen LogP contribution in [-0.4, -0.2) is 40.5 Å². The molecule has 6 nitrogen and oxygen atoms in total. The average molecular weight is 281 g/mol. The molecule has 1 fully saturated rings. The molecule has 1 heterocycles. The summed E-state index contributed by atoms with van der Waals surface area (Å²) in [7, 11) is 1.71. The molecule has 1 aliphatic carbocycles. The number of hydrogen-bond donors (Lipinski definition) is 1. The number of nitrogens with zero attached hydrogens (tertiary/aromatic N) is 4. The van der Waals surface area contributed by atoms with Crippen molar-refractivity contribution in [2.75, 3.05) is 20.3 Å². The lowest BCUT2D eigenvalue weighted by atomic mass is 9.84. The zero-order chi connectivity index (χ0) is 14.4. The number of aromatic nitrogens is 4. The van der Waals surface area contributed by atoms with Gasteiger partial charge in [0.1, 0.15) is 0 Å². The average Bonchev–Trinajstić information content (AvgIpc) is 2.97. The second-order valence-corrected chi connectivity index (χ2v) is 5.74. The van der Waals surface area contributed by atoms with Crippen LogP contribution in [-0.2, 0) is 4.74 Å². The van der Waals surface area contributed by atoms with Gasteiger partial charge in [0.25, 0.3) is 0 Å².